The average Bonchev–Trinajstić information content (AvgIpc) is 3.00. The van der Waals surface area contributed by atoms with Crippen molar-refractivity contribution in [2.75, 3.05) is 26.2 Å². The molecule has 0 aliphatic carbocycles. The zero-order valence-corrected chi connectivity index (χ0v) is 13.6. The zero-order valence-electron chi connectivity index (χ0n) is 11.2. The highest BCUT2D eigenvalue weighted by atomic mass is 79.9. The lowest BCUT2D eigenvalue weighted by Crippen LogP contribution is -2.45. The van der Waals surface area contributed by atoms with Gasteiger partial charge < -0.3 is 5.73 Å². The van der Waals surface area contributed by atoms with Gasteiger partial charge in [0.1, 0.15) is 0 Å². The molecule has 0 saturated carbocycles. The molecule has 3 heterocycles. The molecule has 1 aromatic rings. The second-order valence-corrected chi connectivity index (χ2v) is 7.69. The topological polar surface area (TPSA) is 32.5 Å². The van der Waals surface area contributed by atoms with E-state index in [4.69, 9.17) is 5.73 Å². The Morgan fingerprint density at radius 2 is 2.05 bits per heavy atom. The molecule has 106 valence electrons. The van der Waals surface area contributed by atoms with Crippen molar-refractivity contribution >= 4 is 27.3 Å². The summed E-state index contributed by atoms with van der Waals surface area (Å²) in [6, 6.07) is 3.45. The van der Waals surface area contributed by atoms with E-state index in [-0.39, 0.29) is 0 Å². The highest BCUT2D eigenvalue weighted by molar-refractivity contribution is 9.10. The standard InChI is InChI=1S/C14H22BrN3S/c15-11-7-14(19-10-11)9-17-4-3-13(8-17)18-5-1-12(16)2-6-18/h7,10,12-13H,1-6,8-9,16H2. The smallest absolute Gasteiger partial charge is 0.0328 e. The van der Waals surface area contributed by atoms with E-state index in [0.29, 0.717) is 6.04 Å². The number of hydrogen-bond donors (Lipinski definition) is 1. The monoisotopic (exact) mass is 343 g/mol. The highest BCUT2D eigenvalue weighted by Gasteiger charge is 2.29. The fourth-order valence-electron chi connectivity index (χ4n) is 3.20. The van der Waals surface area contributed by atoms with Gasteiger partial charge in [0.2, 0.25) is 0 Å². The van der Waals surface area contributed by atoms with Crippen LogP contribution in [0, 0.1) is 0 Å². The first kappa shape index (κ1) is 14.0. The normalized spacial score (nSPS) is 27.2. The minimum Gasteiger partial charge on any atom is -0.328 e. The first-order chi connectivity index (χ1) is 9.20. The van der Waals surface area contributed by atoms with E-state index in [1.165, 1.54) is 54.8 Å². The molecule has 0 aromatic carbocycles. The van der Waals surface area contributed by atoms with Crippen molar-refractivity contribution in [3.63, 3.8) is 0 Å². The van der Waals surface area contributed by atoms with E-state index in [0.717, 1.165) is 12.6 Å². The fourth-order valence-corrected chi connectivity index (χ4v) is 4.69. The Labute approximate surface area is 127 Å². The van der Waals surface area contributed by atoms with Crippen LogP contribution in [0.3, 0.4) is 0 Å². The maximum atomic E-state index is 5.99. The van der Waals surface area contributed by atoms with Gasteiger partial charge in [0.05, 0.1) is 0 Å². The summed E-state index contributed by atoms with van der Waals surface area (Å²) in [6.45, 7) is 5.97. The van der Waals surface area contributed by atoms with E-state index in [9.17, 15) is 0 Å². The fraction of sp³-hybridized carbons (Fsp3) is 0.714. The van der Waals surface area contributed by atoms with Gasteiger partial charge in [-0.25, -0.2) is 0 Å². The number of likely N-dealkylation sites (tertiary alicyclic amines) is 2. The minimum absolute atomic E-state index is 0.442. The molecular weight excluding hydrogens is 322 g/mol. The molecule has 5 heteroatoms. The number of nitrogens with two attached hydrogens (primary N) is 1. The quantitative estimate of drug-likeness (QED) is 0.915. The molecule has 0 bridgehead atoms. The summed E-state index contributed by atoms with van der Waals surface area (Å²) in [4.78, 5) is 6.72. The van der Waals surface area contributed by atoms with Gasteiger partial charge in [0, 0.05) is 46.4 Å². The summed E-state index contributed by atoms with van der Waals surface area (Å²) in [5.74, 6) is 0. The predicted molar refractivity (Wildman–Crippen MR) is 84.5 cm³/mol. The maximum absolute atomic E-state index is 5.99. The van der Waals surface area contributed by atoms with Crippen molar-refractivity contribution in [1.29, 1.82) is 0 Å². The SMILES string of the molecule is NC1CCN(C2CCN(Cc3cc(Br)cs3)C2)CC1. The third-order valence-electron chi connectivity index (χ3n) is 4.34. The predicted octanol–water partition coefficient (Wildman–Crippen LogP) is 2.51. The van der Waals surface area contributed by atoms with Crippen molar-refractivity contribution < 1.29 is 0 Å². The van der Waals surface area contributed by atoms with Crippen LogP contribution in [0.5, 0.6) is 0 Å². The second-order valence-electron chi connectivity index (χ2n) is 5.78. The lowest BCUT2D eigenvalue weighted by atomic mass is 10.0. The molecule has 2 saturated heterocycles. The number of nitrogens with zero attached hydrogens (tertiary/aromatic N) is 2. The molecule has 2 fully saturated rings. The van der Waals surface area contributed by atoms with Gasteiger partial charge >= 0.3 is 0 Å². The van der Waals surface area contributed by atoms with Crippen LogP contribution in [0.25, 0.3) is 0 Å². The van der Waals surface area contributed by atoms with Gasteiger partial charge in [-0.1, -0.05) is 0 Å². The minimum atomic E-state index is 0.442. The van der Waals surface area contributed by atoms with Crippen LogP contribution in [0.15, 0.2) is 15.9 Å². The van der Waals surface area contributed by atoms with Gasteiger partial charge in [0.15, 0.2) is 0 Å². The second kappa shape index (κ2) is 6.22. The Morgan fingerprint density at radius 1 is 1.26 bits per heavy atom. The third kappa shape index (κ3) is 3.58. The molecule has 0 radical (unpaired) electrons. The van der Waals surface area contributed by atoms with Crippen LogP contribution in [0.1, 0.15) is 24.1 Å². The van der Waals surface area contributed by atoms with Crippen molar-refractivity contribution in [2.24, 2.45) is 5.73 Å². The van der Waals surface area contributed by atoms with Crippen molar-refractivity contribution in [3.8, 4) is 0 Å². The summed E-state index contributed by atoms with van der Waals surface area (Å²) in [6.07, 6.45) is 3.67. The summed E-state index contributed by atoms with van der Waals surface area (Å²) in [5.41, 5.74) is 5.99. The molecule has 1 unspecified atom stereocenters. The van der Waals surface area contributed by atoms with Gasteiger partial charge in [0.25, 0.3) is 0 Å². The third-order valence-corrected chi connectivity index (χ3v) is 6.02. The van der Waals surface area contributed by atoms with E-state index < -0.39 is 0 Å². The molecule has 3 rings (SSSR count). The number of rotatable bonds is 3. The molecule has 1 atom stereocenters. The van der Waals surface area contributed by atoms with E-state index in [1.54, 1.807) is 0 Å². The Bertz CT molecular complexity index is 415. The molecule has 3 nitrogen and oxygen atoms in total. The summed E-state index contributed by atoms with van der Waals surface area (Å²) in [7, 11) is 0. The molecule has 0 spiro atoms. The summed E-state index contributed by atoms with van der Waals surface area (Å²) < 4.78 is 1.22. The summed E-state index contributed by atoms with van der Waals surface area (Å²) >= 11 is 5.39. The van der Waals surface area contributed by atoms with E-state index in [2.05, 4.69) is 37.2 Å². The molecule has 2 aliphatic rings. The van der Waals surface area contributed by atoms with Crippen LogP contribution < -0.4 is 5.73 Å². The molecule has 1 aromatic heterocycles. The maximum Gasteiger partial charge on any atom is 0.0328 e. The van der Waals surface area contributed by atoms with E-state index >= 15 is 0 Å². The molecule has 2 N–H and O–H groups in total. The average molecular weight is 344 g/mol. The molecular formula is C14H22BrN3S. The van der Waals surface area contributed by atoms with Crippen molar-refractivity contribution in [3.05, 3.63) is 20.8 Å². The van der Waals surface area contributed by atoms with Crippen LogP contribution in [0.2, 0.25) is 0 Å². The van der Waals surface area contributed by atoms with Gasteiger partial charge in [-0.2, -0.15) is 0 Å². The molecule has 0 amide bonds. The zero-order chi connectivity index (χ0) is 13.2. The number of hydrogen-bond acceptors (Lipinski definition) is 4. The van der Waals surface area contributed by atoms with Crippen LogP contribution >= 0.6 is 27.3 Å². The number of piperidine rings is 1. The van der Waals surface area contributed by atoms with Crippen molar-refractivity contribution in [1.82, 2.24) is 9.80 Å². The lowest BCUT2D eigenvalue weighted by molar-refractivity contribution is 0.152. The van der Waals surface area contributed by atoms with Gasteiger partial charge in [-0.05, 0) is 54.3 Å². The highest BCUT2D eigenvalue weighted by Crippen LogP contribution is 2.25. The Balaban J connectivity index is 1.50. The van der Waals surface area contributed by atoms with Gasteiger partial charge in [-0.3, -0.25) is 9.80 Å². The first-order valence-electron chi connectivity index (χ1n) is 7.15. The Kier molecular flexibility index (Phi) is 4.59. The van der Waals surface area contributed by atoms with Crippen LogP contribution in [0.4, 0.5) is 0 Å². The van der Waals surface area contributed by atoms with Crippen molar-refractivity contribution in [2.45, 2.75) is 37.9 Å². The van der Waals surface area contributed by atoms with Crippen LogP contribution in [-0.2, 0) is 6.54 Å². The Morgan fingerprint density at radius 3 is 2.74 bits per heavy atom. The first-order valence-corrected chi connectivity index (χ1v) is 8.83. The number of halogens is 1. The largest absolute Gasteiger partial charge is 0.328 e. The summed E-state index contributed by atoms with van der Waals surface area (Å²) in [5, 5.41) is 2.18. The molecule has 19 heavy (non-hydrogen) atoms. The van der Waals surface area contributed by atoms with E-state index in [1.807, 2.05) is 11.3 Å². The lowest BCUT2D eigenvalue weighted by Gasteiger charge is -2.34. The Hall–Kier alpha value is 0.0600. The van der Waals surface area contributed by atoms with Crippen LogP contribution in [-0.4, -0.2) is 48.1 Å². The molecule has 2 aliphatic heterocycles. The number of thiophene rings is 1. The van der Waals surface area contributed by atoms with Gasteiger partial charge in [-0.15, -0.1) is 11.3 Å².